The average Bonchev–Trinajstić information content (AvgIpc) is 1.68. The van der Waals surface area contributed by atoms with Crippen LogP contribution in [0, 0.1) is 0 Å². The first-order valence-electron chi connectivity index (χ1n) is 2.15. The predicted molar refractivity (Wildman–Crippen MR) is 30.0 cm³/mol. The number of hydrogen-bond donors (Lipinski definition) is 1. The van der Waals surface area contributed by atoms with Gasteiger partial charge in [0.15, 0.2) is 0 Å². The molecule has 0 saturated carbocycles. The molecule has 0 aliphatic carbocycles. The average molecular weight is 120 g/mol. The van der Waals surface area contributed by atoms with Gasteiger partial charge in [0, 0.05) is 19.3 Å². The van der Waals surface area contributed by atoms with Crippen LogP contribution in [0.15, 0.2) is 0 Å². The minimum absolute atomic E-state index is 0.258. The van der Waals surface area contributed by atoms with Crippen molar-refractivity contribution >= 4 is 18.9 Å². The minimum atomic E-state index is -0.258. The molecule has 7 heavy (non-hydrogen) atoms. The van der Waals surface area contributed by atoms with Crippen LogP contribution < -0.4 is 0 Å². The second-order valence-corrected chi connectivity index (χ2v) is 1.40. The second-order valence-electron chi connectivity index (χ2n) is 1.21. The predicted octanol–water partition coefficient (Wildman–Crippen LogP) is 1.17. The number of carbonyl (C=O) groups is 1. The van der Waals surface area contributed by atoms with E-state index in [1.807, 2.05) is 6.92 Å². The summed E-state index contributed by atoms with van der Waals surface area (Å²) in [7, 11) is 0. The number of rotatable bonds is 2. The van der Waals surface area contributed by atoms with Gasteiger partial charge in [-0.25, -0.2) is 0 Å². The van der Waals surface area contributed by atoms with E-state index in [2.05, 4.69) is 17.1 Å². The van der Waals surface area contributed by atoms with Gasteiger partial charge in [-0.3, -0.25) is 4.79 Å². The van der Waals surface area contributed by atoms with E-state index in [-0.39, 0.29) is 5.97 Å². The molecule has 0 aromatic carbocycles. The fourth-order valence-corrected chi connectivity index (χ4v) is 0.341. The number of thiol groups is 1. The van der Waals surface area contributed by atoms with Gasteiger partial charge in [-0.2, -0.15) is 0 Å². The summed E-state index contributed by atoms with van der Waals surface area (Å²) in [5, 5.41) is 0. The molecule has 0 bridgehead atoms. The first-order chi connectivity index (χ1) is 3.31. The molecular formula is C4H8O2S. The van der Waals surface area contributed by atoms with E-state index in [1.54, 1.807) is 0 Å². The molecule has 0 aliphatic heterocycles. The van der Waals surface area contributed by atoms with Gasteiger partial charge in [0.1, 0.15) is 0 Å². The van der Waals surface area contributed by atoms with Crippen molar-refractivity contribution in [3.8, 4) is 0 Å². The quantitative estimate of drug-likeness (QED) is 0.437. The number of hydrogen-bond acceptors (Lipinski definition) is 3. The van der Waals surface area contributed by atoms with Gasteiger partial charge in [-0.05, 0) is 6.42 Å². The Morgan fingerprint density at radius 2 is 2.43 bits per heavy atom. The molecule has 0 aliphatic rings. The third-order valence-electron chi connectivity index (χ3n) is 0.556. The van der Waals surface area contributed by atoms with Crippen molar-refractivity contribution in [1.29, 1.82) is 0 Å². The monoisotopic (exact) mass is 120 g/mol. The van der Waals surface area contributed by atoms with Crippen LogP contribution >= 0.6 is 12.9 Å². The van der Waals surface area contributed by atoms with Crippen molar-refractivity contribution < 1.29 is 8.98 Å². The highest BCUT2D eigenvalue weighted by Gasteiger charge is 1.93. The summed E-state index contributed by atoms with van der Waals surface area (Å²) < 4.78 is 4.05. The molecule has 0 aromatic rings. The van der Waals surface area contributed by atoms with Crippen LogP contribution in [0.5, 0.6) is 0 Å². The maximum atomic E-state index is 10.1. The highest BCUT2D eigenvalue weighted by Crippen LogP contribution is 1.91. The molecule has 0 fully saturated rings. The zero-order valence-electron chi connectivity index (χ0n) is 4.18. The largest absolute Gasteiger partial charge is 0.395 e. The van der Waals surface area contributed by atoms with E-state index < -0.39 is 0 Å². The molecule has 0 N–H and O–H groups in total. The van der Waals surface area contributed by atoms with Gasteiger partial charge in [-0.1, -0.05) is 6.92 Å². The Bertz CT molecular complexity index is 62.7. The van der Waals surface area contributed by atoms with Crippen LogP contribution in [-0.2, 0) is 8.98 Å². The molecule has 3 heteroatoms. The molecule has 0 radical (unpaired) electrons. The third kappa shape index (κ3) is 3.66. The first kappa shape index (κ1) is 6.82. The van der Waals surface area contributed by atoms with Crippen molar-refractivity contribution in [1.82, 2.24) is 0 Å². The zero-order valence-corrected chi connectivity index (χ0v) is 5.07. The fourth-order valence-electron chi connectivity index (χ4n) is 0.250. The highest BCUT2D eigenvalue weighted by atomic mass is 32.1. The summed E-state index contributed by atoms with van der Waals surface area (Å²) in [6.45, 7) is 1.91. The molecule has 0 rings (SSSR count). The summed E-state index contributed by atoms with van der Waals surface area (Å²) in [5.41, 5.74) is 0. The molecule has 0 spiro atoms. The van der Waals surface area contributed by atoms with E-state index in [9.17, 15) is 4.79 Å². The molecule has 0 saturated heterocycles. The molecular weight excluding hydrogens is 112 g/mol. The lowest BCUT2D eigenvalue weighted by molar-refractivity contribution is -0.132. The van der Waals surface area contributed by atoms with E-state index in [4.69, 9.17) is 0 Å². The molecule has 0 amide bonds. The van der Waals surface area contributed by atoms with Gasteiger partial charge >= 0.3 is 5.97 Å². The summed E-state index contributed by atoms with van der Waals surface area (Å²) in [6.07, 6.45) is 1.28. The first-order valence-corrected chi connectivity index (χ1v) is 2.52. The van der Waals surface area contributed by atoms with Gasteiger partial charge in [0.05, 0.1) is 0 Å². The fraction of sp³-hybridized carbons (Fsp3) is 0.750. The Balaban J connectivity index is 3.00. The summed E-state index contributed by atoms with van der Waals surface area (Å²) >= 11 is 3.30. The van der Waals surface area contributed by atoms with Crippen molar-refractivity contribution in [2.45, 2.75) is 19.8 Å². The van der Waals surface area contributed by atoms with Gasteiger partial charge < -0.3 is 4.18 Å². The van der Waals surface area contributed by atoms with Gasteiger partial charge in [0.25, 0.3) is 0 Å². The molecule has 0 heterocycles. The summed E-state index contributed by atoms with van der Waals surface area (Å²) in [4.78, 5) is 10.1. The lowest BCUT2D eigenvalue weighted by atomic mass is 10.4. The Labute approximate surface area is 48.5 Å². The lowest BCUT2D eigenvalue weighted by Gasteiger charge is -1.88. The second kappa shape index (κ2) is 3.99. The van der Waals surface area contributed by atoms with Crippen LogP contribution in [0.25, 0.3) is 0 Å². The highest BCUT2D eigenvalue weighted by molar-refractivity contribution is 7.75. The van der Waals surface area contributed by atoms with Crippen LogP contribution in [0.3, 0.4) is 0 Å². The SMILES string of the molecule is CCCC(=O)OS. The topological polar surface area (TPSA) is 26.3 Å². The zero-order chi connectivity index (χ0) is 5.70. The standard InChI is InChI=1S/C4H8O2S/c1-2-3-4(5)6-7/h7H,2-3H2,1H3. The van der Waals surface area contributed by atoms with E-state index in [0.717, 1.165) is 6.42 Å². The molecule has 42 valence electrons. The lowest BCUT2D eigenvalue weighted by Crippen LogP contribution is -1.93. The Morgan fingerprint density at radius 1 is 1.86 bits per heavy atom. The Morgan fingerprint density at radius 3 is 2.57 bits per heavy atom. The molecule has 0 atom stereocenters. The molecule has 0 aromatic heterocycles. The van der Waals surface area contributed by atoms with Crippen LogP contribution in [0.4, 0.5) is 0 Å². The number of carbonyl (C=O) groups excluding carboxylic acids is 1. The van der Waals surface area contributed by atoms with E-state index >= 15 is 0 Å². The van der Waals surface area contributed by atoms with Crippen molar-refractivity contribution in [3.05, 3.63) is 0 Å². The summed E-state index contributed by atoms with van der Waals surface area (Å²) in [6, 6.07) is 0. The maximum Gasteiger partial charge on any atom is 0.317 e. The van der Waals surface area contributed by atoms with Gasteiger partial charge in [0.2, 0.25) is 0 Å². The minimum Gasteiger partial charge on any atom is -0.395 e. The smallest absolute Gasteiger partial charge is 0.317 e. The molecule has 0 unspecified atom stereocenters. The summed E-state index contributed by atoms with van der Waals surface area (Å²) in [5.74, 6) is -0.258. The Kier molecular flexibility index (Phi) is 3.89. The Hall–Kier alpha value is -0.180. The van der Waals surface area contributed by atoms with E-state index in [0.29, 0.717) is 6.42 Å². The normalized spacial score (nSPS) is 8.29. The van der Waals surface area contributed by atoms with Crippen molar-refractivity contribution in [2.24, 2.45) is 0 Å². The third-order valence-corrected chi connectivity index (χ3v) is 0.760. The van der Waals surface area contributed by atoms with Crippen LogP contribution in [-0.4, -0.2) is 5.97 Å². The van der Waals surface area contributed by atoms with Gasteiger partial charge in [-0.15, -0.1) is 0 Å². The van der Waals surface area contributed by atoms with Crippen molar-refractivity contribution in [2.75, 3.05) is 0 Å². The van der Waals surface area contributed by atoms with Crippen molar-refractivity contribution in [3.63, 3.8) is 0 Å². The molecule has 2 nitrogen and oxygen atoms in total. The van der Waals surface area contributed by atoms with Crippen LogP contribution in [0.2, 0.25) is 0 Å². The van der Waals surface area contributed by atoms with Crippen LogP contribution in [0.1, 0.15) is 19.8 Å². The maximum absolute atomic E-state index is 10.1. The van der Waals surface area contributed by atoms with E-state index in [1.165, 1.54) is 0 Å².